The average molecular weight is 408 g/mol. The van der Waals surface area contributed by atoms with Gasteiger partial charge in [-0.1, -0.05) is 18.2 Å². The third-order valence-electron chi connectivity index (χ3n) is 4.30. The van der Waals surface area contributed by atoms with Crippen molar-refractivity contribution in [1.29, 1.82) is 0 Å². The van der Waals surface area contributed by atoms with Crippen LogP contribution in [0.4, 0.5) is 5.69 Å². The molecule has 4 rings (SSSR count). The molecule has 8 heteroatoms. The maximum Gasteiger partial charge on any atom is 0.291 e. The summed E-state index contributed by atoms with van der Waals surface area (Å²) in [6.07, 6.45) is 1.15. The van der Waals surface area contributed by atoms with Gasteiger partial charge in [-0.15, -0.1) is 0 Å². The van der Waals surface area contributed by atoms with Crippen LogP contribution in [0.3, 0.4) is 0 Å². The van der Waals surface area contributed by atoms with Gasteiger partial charge in [0.1, 0.15) is 18.5 Å². The molecule has 8 nitrogen and oxygen atoms in total. The molecule has 1 unspecified atom stereocenters. The molecule has 0 radical (unpaired) electrons. The van der Waals surface area contributed by atoms with Crippen molar-refractivity contribution in [3.63, 3.8) is 0 Å². The SMILES string of the molecule is O=C(COc1cccc(NC(=O)c2ccco2)c1)NCC1COc2ccccc2O1. The summed E-state index contributed by atoms with van der Waals surface area (Å²) in [7, 11) is 0. The first-order valence-electron chi connectivity index (χ1n) is 9.40. The largest absolute Gasteiger partial charge is 0.486 e. The van der Waals surface area contributed by atoms with Crippen molar-refractivity contribution < 1.29 is 28.2 Å². The van der Waals surface area contributed by atoms with Gasteiger partial charge in [0.25, 0.3) is 11.8 Å². The van der Waals surface area contributed by atoms with Crippen LogP contribution >= 0.6 is 0 Å². The lowest BCUT2D eigenvalue weighted by Crippen LogP contribution is -2.42. The van der Waals surface area contributed by atoms with Crippen molar-refractivity contribution in [2.75, 3.05) is 25.1 Å². The standard InChI is InChI=1S/C22H20N2O6/c25-21(23-12-17-13-29-18-7-1-2-8-19(18)30-17)14-28-16-6-3-5-15(11-16)24-22(26)20-9-4-10-27-20/h1-11,17H,12-14H2,(H,23,25)(H,24,26). The zero-order valence-corrected chi connectivity index (χ0v) is 16.0. The summed E-state index contributed by atoms with van der Waals surface area (Å²) in [6, 6.07) is 17.4. The number of anilines is 1. The van der Waals surface area contributed by atoms with E-state index in [9.17, 15) is 9.59 Å². The lowest BCUT2D eigenvalue weighted by Gasteiger charge is -2.26. The molecule has 1 aromatic heterocycles. The molecule has 1 aliphatic heterocycles. The van der Waals surface area contributed by atoms with Crippen molar-refractivity contribution in [1.82, 2.24) is 5.32 Å². The number of hydrogen-bond acceptors (Lipinski definition) is 6. The molecule has 2 amide bonds. The van der Waals surface area contributed by atoms with Gasteiger partial charge in [-0.2, -0.15) is 0 Å². The predicted octanol–water partition coefficient (Wildman–Crippen LogP) is 2.87. The van der Waals surface area contributed by atoms with E-state index in [0.717, 1.165) is 0 Å². The zero-order chi connectivity index (χ0) is 20.8. The van der Waals surface area contributed by atoms with E-state index in [2.05, 4.69) is 10.6 Å². The molecular formula is C22H20N2O6. The Balaban J connectivity index is 1.23. The number of ether oxygens (including phenoxy) is 3. The monoisotopic (exact) mass is 408 g/mol. The Hall–Kier alpha value is -3.94. The first-order valence-corrected chi connectivity index (χ1v) is 9.40. The third-order valence-corrected chi connectivity index (χ3v) is 4.30. The van der Waals surface area contributed by atoms with Crippen LogP contribution in [-0.2, 0) is 4.79 Å². The molecule has 2 aromatic carbocycles. The minimum absolute atomic E-state index is 0.167. The van der Waals surface area contributed by atoms with Crippen LogP contribution in [0.25, 0.3) is 0 Å². The highest BCUT2D eigenvalue weighted by Crippen LogP contribution is 2.30. The fraction of sp³-hybridized carbons (Fsp3) is 0.182. The summed E-state index contributed by atoms with van der Waals surface area (Å²) in [5, 5.41) is 5.47. The van der Waals surface area contributed by atoms with Gasteiger partial charge in [-0.3, -0.25) is 9.59 Å². The average Bonchev–Trinajstić information content (AvgIpc) is 3.32. The lowest BCUT2D eigenvalue weighted by atomic mass is 10.2. The van der Waals surface area contributed by atoms with E-state index < -0.39 is 0 Å². The minimum Gasteiger partial charge on any atom is -0.486 e. The molecule has 0 aliphatic carbocycles. The number of carbonyl (C=O) groups is 2. The van der Waals surface area contributed by atoms with E-state index in [1.807, 2.05) is 24.3 Å². The number of para-hydroxylation sites is 2. The summed E-state index contributed by atoms with van der Waals surface area (Å²) in [6.45, 7) is 0.491. The number of carbonyl (C=O) groups excluding carboxylic acids is 2. The van der Waals surface area contributed by atoms with Crippen LogP contribution in [-0.4, -0.2) is 37.7 Å². The molecule has 2 heterocycles. The van der Waals surface area contributed by atoms with Crippen LogP contribution < -0.4 is 24.8 Å². The van der Waals surface area contributed by atoms with Gasteiger partial charge in [0.05, 0.1) is 12.8 Å². The smallest absolute Gasteiger partial charge is 0.291 e. The lowest BCUT2D eigenvalue weighted by molar-refractivity contribution is -0.123. The predicted molar refractivity (Wildman–Crippen MR) is 108 cm³/mol. The Bertz CT molecular complexity index is 1020. The molecule has 0 bridgehead atoms. The molecule has 30 heavy (non-hydrogen) atoms. The van der Waals surface area contributed by atoms with E-state index >= 15 is 0 Å². The highest BCUT2D eigenvalue weighted by Gasteiger charge is 2.21. The molecule has 0 fully saturated rings. The Morgan fingerprint density at radius 1 is 1.03 bits per heavy atom. The van der Waals surface area contributed by atoms with Gasteiger partial charge < -0.3 is 29.3 Å². The zero-order valence-electron chi connectivity index (χ0n) is 16.0. The van der Waals surface area contributed by atoms with Gasteiger partial charge in [0.2, 0.25) is 0 Å². The van der Waals surface area contributed by atoms with Crippen molar-refractivity contribution in [3.8, 4) is 17.2 Å². The van der Waals surface area contributed by atoms with E-state index in [1.165, 1.54) is 6.26 Å². The van der Waals surface area contributed by atoms with Gasteiger partial charge in [-0.25, -0.2) is 0 Å². The molecular weight excluding hydrogens is 388 g/mol. The van der Waals surface area contributed by atoms with Crippen molar-refractivity contribution in [2.24, 2.45) is 0 Å². The summed E-state index contributed by atoms with van der Waals surface area (Å²) < 4.78 is 22.0. The molecule has 1 aliphatic rings. The fourth-order valence-corrected chi connectivity index (χ4v) is 2.86. The third kappa shape index (κ3) is 4.91. The van der Waals surface area contributed by atoms with Crippen LogP contribution in [0.15, 0.2) is 71.3 Å². The first kappa shape index (κ1) is 19.4. The van der Waals surface area contributed by atoms with Gasteiger partial charge in [-0.05, 0) is 36.4 Å². The molecule has 1 atom stereocenters. The maximum atomic E-state index is 12.1. The minimum atomic E-state index is -0.369. The molecule has 0 spiro atoms. The van der Waals surface area contributed by atoms with Gasteiger partial charge in [0, 0.05) is 11.8 Å². The normalized spacial score (nSPS) is 14.6. The number of amides is 2. The molecule has 154 valence electrons. The number of benzene rings is 2. The molecule has 3 aromatic rings. The number of nitrogens with one attached hydrogen (secondary N) is 2. The Kier molecular flexibility index (Phi) is 5.84. The quantitative estimate of drug-likeness (QED) is 0.624. The summed E-state index contributed by atoms with van der Waals surface area (Å²) in [5.74, 6) is 1.36. The van der Waals surface area contributed by atoms with E-state index in [0.29, 0.717) is 36.1 Å². The van der Waals surface area contributed by atoms with E-state index in [1.54, 1.807) is 36.4 Å². The Morgan fingerprint density at radius 3 is 2.73 bits per heavy atom. The highest BCUT2D eigenvalue weighted by molar-refractivity contribution is 6.02. The van der Waals surface area contributed by atoms with Gasteiger partial charge in [0.15, 0.2) is 23.9 Å². The molecule has 0 saturated heterocycles. The number of hydrogen-bond donors (Lipinski definition) is 2. The summed E-state index contributed by atoms with van der Waals surface area (Å²) in [5.41, 5.74) is 0.528. The van der Waals surface area contributed by atoms with Crippen LogP contribution in [0.1, 0.15) is 10.6 Å². The second-order valence-corrected chi connectivity index (χ2v) is 6.55. The Morgan fingerprint density at radius 2 is 1.90 bits per heavy atom. The highest BCUT2D eigenvalue weighted by atomic mass is 16.6. The Labute approximate surface area is 172 Å². The maximum absolute atomic E-state index is 12.1. The van der Waals surface area contributed by atoms with Crippen molar-refractivity contribution in [2.45, 2.75) is 6.10 Å². The number of rotatable bonds is 7. The second-order valence-electron chi connectivity index (χ2n) is 6.55. The molecule has 2 N–H and O–H groups in total. The summed E-state index contributed by atoms with van der Waals surface area (Å²) in [4.78, 5) is 24.1. The van der Waals surface area contributed by atoms with Crippen molar-refractivity contribution in [3.05, 3.63) is 72.7 Å². The van der Waals surface area contributed by atoms with E-state index in [4.69, 9.17) is 18.6 Å². The number of furan rings is 1. The van der Waals surface area contributed by atoms with Crippen LogP contribution in [0, 0.1) is 0 Å². The molecule has 0 saturated carbocycles. The summed E-state index contributed by atoms with van der Waals surface area (Å²) >= 11 is 0. The van der Waals surface area contributed by atoms with Gasteiger partial charge >= 0.3 is 0 Å². The van der Waals surface area contributed by atoms with Crippen LogP contribution in [0.5, 0.6) is 17.2 Å². The topological polar surface area (TPSA) is 99.0 Å². The van der Waals surface area contributed by atoms with Crippen LogP contribution in [0.2, 0.25) is 0 Å². The fourth-order valence-electron chi connectivity index (χ4n) is 2.86. The van der Waals surface area contributed by atoms with E-state index in [-0.39, 0.29) is 30.3 Å². The second kappa shape index (κ2) is 9.04. The number of fused-ring (bicyclic) bond motifs is 1. The van der Waals surface area contributed by atoms with Crippen molar-refractivity contribution >= 4 is 17.5 Å². The first-order chi connectivity index (χ1) is 14.7.